The third kappa shape index (κ3) is 1.94. The van der Waals surface area contributed by atoms with Crippen LogP contribution >= 0.6 is 0 Å². The Morgan fingerprint density at radius 3 is 1.82 bits per heavy atom. The van der Waals surface area contributed by atoms with Crippen LogP contribution in [0.5, 0.6) is 0 Å². The van der Waals surface area contributed by atoms with Crippen molar-refractivity contribution in [1.29, 1.82) is 0 Å². The highest BCUT2D eigenvalue weighted by molar-refractivity contribution is 4.73. The quantitative estimate of drug-likeness (QED) is 0.582. The highest BCUT2D eigenvalue weighted by Gasteiger charge is 2.30. The van der Waals surface area contributed by atoms with Crippen LogP contribution in [0.2, 0.25) is 0 Å². The lowest BCUT2D eigenvalue weighted by Gasteiger charge is -2.37. The van der Waals surface area contributed by atoms with Crippen LogP contribution in [-0.4, -0.2) is 18.5 Å². The van der Waals surface area contributed by atoms with Gasteiger partial charge in [-0.3, -0.25) is 0 Å². The van der Waals surface area contributed by atoms with E-state index in [1.807, 2.05) is 0 Å². The third-order valence-electron chi connectivity index (χ3n) is 2.55. The topological polar surface area (TPSA) is 18.5 Å². The largest absolute Gasteiger partial charge is 0.349 e. The van der Waals surface area contributed by atoms with E-state index in [1.165, 1.54) is 0 Å². The van der Waals surface area contributed by atoms with Gasteiger partial charge in [0.05, 0.1) is 12.2 Å². The molecule has 0 saturated carbocycles. The summed E-state index contributed by atoms with van der Waals surface area (Å²) >= 11 is 0. The Hall–Kier alpha value is -0.0800. The Kier molecular flexibility index (Phi) is 2.90. The first-order valence-corrected chi connectivity index (χ1v) is 4.46. The van der Waals surface area contributed by atoms with Crippen LogP contribution in [0.1, 0.15) is 34.1 Å². The predicted octanol–water partition coefficient (Wildman–Crippen LogP) is 2.18. The van der Waals surface area contributed by atoms with Crippen LogP contribution in [0, 0.1) is 5.92 Å². The summed E-state index contributed by atoms with van der Waals surface area (Å²) in [6.45, 7) is 8.49. The molecule has 0 aromatic rings. The molecule has 0 spiro atoms. The van der Waals surface area contributed by atoms with Gasteiger partial charge in [-0.1, -0.05) is 13.8 Å². The fraction of sp³-hybridized carbons (Fsp3) is 1.00. The highest BCUT2D eigenvalue weighted by Crippen LogP contribution is 2.24. The maximum absolute atomic E-state index is 5.60. The summed E-state index contributed by atoms with van der Waals surface area (Å²) in [5.41, 5.74) is 0. The molecule has 11 heavy (non-hydrogen) atoms. The summed E-state index contributed by atoms with van der Waals surface area (Å²) < 4.78 is 11.2. The van der Waals surface area contributed by atoms with Gasteiger partial charge in [0.1, 0.15) is 0 Å². The first-order chi connectivity index (χ1) is 5.15. The Morgan fingerprint density at radius 1 is 1.00 bits per heavy atom. The van der Waals surface area contributed by atoms with Gasteiger partial charge in [-0.15, -0.1) is 0 Å². The van der Waals surface area contributed by atoms with Gasteiger partial charge >= 0.3 is 0 Å². The molecule has 0 amide bonds. The Balaban J connectivity index is 2.47. The average molecular weight is 158 g/mol. The second kappa shape index (κ2) is 3.55. The molecule has 66 valence electrons. The van der Waals surface area contributed by atoms with Crippen LogP contribution in [0.15, 0.2) is 0 Å². The Bertz CT molecular complexity index is 113. The van der Waals surface area contributed by atoms with Crippen molar-refractivity contribution < 1.29 is 9.47 Å². The van der Waals surface area contributed by atoms with Crippen LogP contribution < -0.4 is 0 Å². The van der Waals surface area contributed by atoms with E-state index in [0.717, 1.165) is 6.42 Å². The van der Waals surface area contributed by atoms with E-state index in [0.29, 0.717) is 18.1 Å². The van der Waals surface area contributed by atoms with E-state index >= 15 is 0 Å². The third-order valence-corrected chi connectivity index (χ3v) is 2.55. The van der Waals surface area contributed by atoms with Gasteiger partial charge in [0.15, 0.2) is 6.29 Å². The van der Waals surface area contributed by atoms with E-state index in [9.17, 15) is 0 Å². The maximum Gasteiger partial charge on any atom is 0.158 e. The van der Waals surface area contributed by atoms with Crippen molar-refractivity contribution in [2.24, 2.45) is 5.92 Å². The smallest absolute Gasteiger partial charge is 0.158 e. The molecule has 1 heterocycles. The molecule has 0 aliphatic carbocycles. The van der Waals surface area contributed by atoms with Gasteiger partial charge in [0, 0.05) is 5.92 Å². The maximum atomic E-state index is 5.60. The molecule has 0 N–H and O–H groups in total. The number of hydrogen-bond donors (Lipinski definition) is 0. The summed E-state index contributed by atoms with van der Waals surface area (Å²) in [4.78, 5) is 0. The van der Waals surface area contributed by atoms with Crippen molar-refractivity contribution in [2.75, 3.05) is 0 Å². The zero-order valence-corrected chi connectivity index (χ0v) is 7.83. The summed E-state index contributed by atoms with van der Waals surface area (Å²) in [5.74, 6) is 0.512. The number of hydrogen-bond acceptors (Lipinski definition) is 2. The minimum atomic E-state index is 0.0243. The zero-order chi connectivity index (χ0) is 8.43. The predicted molar refractivity (Wildman–Crippen MR) is 44.3 cm³/mol. The van der Waals surface area contributed by atoms with E-state index in [-0.39, 0.29) is 6.29 Å². The molecule has 1 fully saturated rings. The summed E-state index contributed by atoms with van der Waals surface area (Å²) in [5, 5.41) is 0. The minimum Gasteiger partial charge on any atom is -0.349 e. The molecule has 0 aromatic carbocycles. The molecular formula is C9H18O2. The molecule has 1 saturated heterocycles. The molecule has 1 rings (SSSR count). The lowest BCUT2D eigenvalue weighted by Crippen LogP contribution is -2.41. The molecule has 0 radical (unpaired) electrons. The standard InChI is InChI=1S/C9H18O2/c1-5-9-10-7(3)6(2)8(4)11-9/h6-9H,5H2,1-4H3. The van der Waals surface area contributed by atoms with E-state index in [1.54, 1.807) is 0 Å². The van der Waals surface area contributed by atoms with Crippen LogP contribution in [0.3, 0.4) is 0 Å². The molecule has 0 bridgehead atoms. The normalized spacial score (nSPS) is 45.8. The van der Waals surface area contributed by atoms with Crippen LogP contribution in [0.25, 0.3) is 0 Å². The van der Waals surface area contributed by atoms with E-state index in [4.69, 9.17) is 9.47 Å². The van der Waals surface area contributed by atoms with Crippen molar-refractivity contribution in [2.45, 2.75) is 52.6 Å². The summed E-state index contributed by atoms with van der Waals surface area (Å²) in [6.07, 6.45) is 1.64. The van der Waals surface area contributed by atoms with Gasteiger partial charge < -0.3 is 9.47 Å². The summed E-state index contributed by atoms with van der Waals surface area (Å²) in [6, 6.07) is 0. The highest BCUT2D eigenvalue weighted by atomic mass is 16.7. The molecule has 0 aromatic heterocycles. The molecule has 2 unspecified atom stereocenters. The minimum absolute atomic E-state index is 0.0243. The van der Waals surface area contributed by atoms with Gasteiger partial charge in [-0.05, 0) is 20.3 Å². The Labute approximate surface area is 68.9 Å². The molecule has 2 nitrogen and oxygen atoms in total. The van der Waals surface area contributed by atoms with Crippen molar-refractivity contribution in [3.05, 3.63) is 0 Å². The van der Waals surface area contributed by atoms with Crippen molar-refractivity contribution in [1.82, 2.24) is 0 Å². The van der Waals surface area contributed by atoms with Crippen LogP contribution in [-0.2, 0) is 9.47 Å². The summed E-state index contributed by atoms with van der Waals surface area (Å²) in [7, 11) is 0. The van der Waals surface area contributed by atoms with Gasteiger partial charge in [0.25, 0.3) is 0 Å². The van der Waals surface area contributed by atoms with Crippen molar-refractivity contribution >= 4 is 0 Å². The van der Waals surface area contributed by atoms with E-state index in [2.05, 4.69) is 27.7 Å². The first-order valence-electron chi connectivity index (χ1n) is 4.46. The molecule has 1 aliphatic heterocycles. The SMILES string of the molecule is CCC1OC(C)C(C)C(C)O1. The fourth-order valence-corrected chi connectivity index (χ4v) is 1.33. The number of ether oxygens (including phenoxy) is 2. The lowest BCUT2D eigenvalue weighted by atomic mass is 9.99. The van der Waals surface area contributed by atoms with Crippen molar-refractivity contribution in [3.63, 3.8) is 0 Å². The Morgan fingerprint density at radius 2 is 1.45 bits per heavy atom. The molecule has 1 aliphatic rings. The molecule has 2 atom stereocenters. The second-order valence-corrected chi connectivity index (χ2v) is 3.38. The van der Waals surface area contributed by atoms with Crippen LogP contribution in [0.4, 0.5) is 0 Å². The van der Waals surface area contributed by atoms with Crippen molar-refractivity contribution in [3.8, 4) is 0 Å². The van der Waals surface area contributed by atoms with Gasteiger partial charge in [0.2, 0.25) is 0 Å². The first kappa shape index (κ1) is 9.01. The average Bonchev–Trinajstić information content (AvgIpc) is 1.99. The number of rotatable bonds is 1. The monoisotopic (exact) mass is 158 g/mol. The zero-order valence-electron chi connectivity index (χ0n) is 7.83. The van der Waals surface area contributed by atoms with Gasteiger partial charge in [-0.2, -0.15) is 0 Å². The van der Waals surface area contributed by atoms with Gasteiger partial charge in [-0.25, -0.2) is 0 Å². The lowest BCUT2D eigenvalue weighted by molar-refractivity contribution is -0.257. The molecular weight excluding hydrogens is 140 g/mol. The fourth-order valence-electron chi connectivity index (χ4n) is 1.33. The molecule has 2 heteroatoms. The van der Waals surface area contributed by atoms with E-state index < -0.39 is 0 Å². The second-order valence-electron chi connectivity index (χ2n) is 3.38.